The first-order valence-corrected chi connectivity index (χ1v) is 10.5. The van der Waals surface area contributed by atoms with E-state index in [1.54, 1.807) is 12.1 Å². The first-order valence-electron chi connectivity index (χ1n) is 10.5. The fourth-order valence-electron chi connectivity index (χ4n) is 3.53. The van der Waals surface area contributed by atoms with Crippen LogP contribution in [0.4, 0.5) is 24.7 Å². The van der Waals surface area contributed by atoms with Gasteiger partial charge >= 0.3 is 6.18 Å². The quantitative estimate of drug-likeness (QED) is 0.459. The number of aromatic nitrogens is 3. The molecule has 2 aromatic carbocycles. The van der Waals surface area contributed by atoms with Crippen molar-refractivity contribution in [1.29, 1.82) is 0 Å². The molecule has 1 saturated heterocycles. The molecule has 4 rings (SSSR count). The van der Waals surface area contributed by atoms with Gasteiger partial charge in [0.15, 0.2) is 17.3 Å². The summed E-state index contributed by atoms with van der Waals surface area (Å²) in [6.07, 6.45) is -3.54. The average molecular weight is 500 g/mol. The number of ether oxygens (including phenoxy) is 3. The lowest BCUT2D eigenvalue weighted by atomic mass is 10.2. The largest absolute Gasteiger partial charge is 0.493 e. The number of benzene rings is 2. The molecule has 0 radical (unpaired) electrons. The molecule has 0 saturated carbocycles. The number of nitrogens with zero attached hydrogens (tertiary/aromatic N) is 4. The summed E-state index contributed by atoms with van der Waals surface area (Å²) in [5.74, 6) is 1.38. The van der Waals surface area contributed by atoms with E-state index in [4.69, 9.17) is 14.2 Å². The first-order chi connectivity index (χ1) is 15.9. The van der Waals surface area contributed by atoms with Crippen molar-refractivity contribution in [2.45, 2.75) is 12.6 Å². The van der Waals surface area contributed by atoms with E-state index in [9.17, 15) is 13.2 Å². The van der Waals surface area contributed by atoms with E-state index in [1.807, 2.05) is 0 Å². The lowest BCUT2D eigenvalue weighted by Gasteiger charge is -2.26. The Labute approximate surface area is 200 Å². The summed E-state index contributed by atoms with van der Waals surface area (Å²) >= 11 is 0. The highest BCUT2D eigenvalue weighted by Crippen LogP contribution is 2.35. The number of hydrogen-bond donors (Lipinski definition) is 1. The number of fused-ring (bicyclic) bond motifs is 1. The summed E-state index contributed by atoms with van der Waals surface area (Å²) < 4.78 is 55.2. The van der Waals surface area contributed by atoms with Crippen LogP contribution in [0, 0.1) is 0 Å². The second-order valence-electron chi connectivity index (χ2n) is 7.51. The van der Waals surface area contributed by atoms with Crippen LogP contribution < -0.4 is 14.8 Å². The molecule has 0 atom stereocenters. The topological polar surface area (TPSA) is 81.6 Å². The summed E-state index contributed by atoms with van der Waals surface area (Å²) in [6, 6.07) is 8.11. The van der Waals surface area contributed by atoms with E-state index in [1.165, 1.54) is 19.2 Å². The minimum Gasteiger partial charge on any atom is -0.493 e. The van der Waals surface area contributed by atoms with Crippen LogP contribution in [0.2, 0.25) is 0 Å². The molecule has 0 amide bonds. The highest BCUT2D eigenvalue weighted by molar-refractivity contribution is 5.92. The van der Waals surface area contributed by atoms with Crippen molar-refractivity contribution < 1.29 is 27.4 Å². The van der Waals surface area contributed by atoms with Crippen molar-refractivity contribution in [3.8, 4) is 11.5 Å². The standard InChI is InChI=1S/C22H24F3N5O3.ClH/c1-31-19-13-17-18(14-20(19)33-10-2-7-30-8-11-32-12-9-30)27-29-28-21(17)26-16-5-3-15(4-6-16)22(23,24)25;/h3-6,13-14H,2,7-12H2,1H3,(H,26,27,28);1H. The van der Waals surface area contributed by atoms with Crippen LogP contribution in [0.15, 0.2) is 36.4 Å². The van der Waals surface area contributed by atoms with Gasteiger partial charge in [-0.2, -0.15) is 13.2 Å². The van der Waals surface area contributed by atoms with E-state index < -0.39 is 11.7 Å². The van der Waals surface area contributed by atoms with Gasteiger partial charge in [0.25, 0.3) is 0 Å². The van der Waals surface area contributed by atoms with Crippen molar-refractivity contribution in [3.05, 3.63) is 42.0 Å². The van der Waals surface area contributed by atoms with Crippen molar-refractivity contribution in [2.24, 2.45) is 0 Å². The van der Waals surface area contributed by atoms with E-state index in [0.29, 0.717) is 40.5 Å². The van der Waals surface area contributed by atoms with Gasteiger partial charge in [-0.1, -0.05) is 0 Å². The number of morpholine rings is 1. The summed E-state index contributed by atoms with van der Waals surface area (Å²) in [4.78, 5) is 2.33. The molecule has 34 heavy (non-hydrogen) atoms. The summed E-state index contributed by atoms with van der Waals surface area (Å²) in [6.45, 7) is 4.80. The minimum atomic E-state index is -4.40. The number of anilines is 2. The van der Waals surface area contributed by atoms with Gasteiger partial charge in [0.05, 0.1) is 37.9 Å². The van der Waals surface area contributed by atoms with Gasteiger partial charge in [-0.25, -0.2) is 0 Å². The number of halogens is 4. The Morgan fingerprint density at radius 1 is 1.06 bits per heavy atom. The molecule has 12 heteroatoms. The smallest absolute Gasteiger partial charge is 0.416 e. The Kier molecular flexibility index (Phi) is 8.70. The minimum absolute atomic E-state index is 0. The molecule has 8 nitrogen and oxygen atoms in total. The third kappa shape index (κ3) is 6.37. The Hall–Kier alpha value is -2.89. The lowest BCUT2D eigenvalue weighted by Crippen LogP contribution is -2.37. The molecule has 1 aliphatic heterocycles. The molecule has 1 fully saturated rings. The second-order valence-corrected chi connectivity index (χ2v) is 7.51. The number of rotatable bonds is 8. The highest BCUT2D eigenvalue weighted by Gasteiger charge is 2.30. The SMILES string of the molecule is COc1cc2c(Nc3ccc(C(F)(F)F)cc3)nnnc2cc1OCCCN1CCOCC1.Cl. The van der Waals surface area contributed by atoms with Crippen LogP contribution in [-0.2, 0) is 10.9 Å². The van der Waals surface area contributed by atoms with Crippen LogP contribution in [0.25, 0.3) is 10.9 Å². The van der Waals surface area contributed by atoms with Crippen molar-refractivity contribution in [1.82, 2.24) is 20.3 Å². The van der Waals surface area contributed by atoms with Crippen LogP contribution in [0.3, 0.4) is 0 Å². The predicted octanol–water partition coefficient (Wildman–Crippen LogP) is 4.32. The maximum Gasteiger partial charge on any atom is 0.416 e. The average Bonchev–Trinajstić information content (AvgIpc) is 2.82. The van der Waals surface area contributed by atoms with Gasteiger partial charge in [0.1, 0.15) is 5.52 Å². The Bertz CT molecular complexity index is 1080. The molecule has 1 aliphatic rings. The second kappa shape index (κ2) is 11.5. The van der Waals surface area contributed by atoms with Gasteiger partial charge in [-0.15, -0.1) is 22.6 Å². The Morgan fingerprint density at radius 2 is 1.79 bits per heavy atom. The molecule has 0 bridgehead atoms. The van der Waals surface area contributed by atoms with E-state index in [2.05, 4.69) is 25.6 Å². The van der Waals surface area contributed by atoms with Gasteiger partial charge in [0.2, 0.25) is 0 Å². The molecule has 0 unspecified atom stereocenters. The molecule has 184 valence electrons. The predicted molar refractivity (Wildman–Crippen MR) is 123 cm³/mol. The number of alkyl halides is 3. The lowest BCUT2D eigenvalue weighted by molar-refractivity contribution is -0.137. The first kappa shape index (κ1) is 25.7. The number of hydrogen-bond acceptors (Lipinski definition) is 8. The summed E-state index contributed by atoms with van der Waals surface area (Å²) in [5.41, 5.74) is 0.228. The van der Waals surface area contributed by atoms with Crippen LogP contribution in [-0.4, -0.2) is 66.9 Å². The maximum absolute atomic E-state index is 12.8. The van der Waals surface area contributed by atoms with Crippen molar-refractivity contribution >= 4 is 34.8 Å². The van der Waals surface area contributed by atoms with Crippen LogP contribution >= 0.6 is 12.4 Å². The monoisotopic (exact) mass is 499 g/mol. The number of methoxy groups -OCH3 is 1. The van der Waals surface area contributed by atoms with Crippen molar-refractivity contribution in [3.63, 3.8) is 0 Å². The van der Waals surface area contributed by atoms with Gasteiger partial charge < -0.3 is 19.5 Å². The van der Waals surface area contributed by atoms with Crippen LogP contribution in [0.5, 0.6) is 11.5 Å². The fourth-order valence-corrected chi connectivity index (χ4v) is 3.53. The normalized spacial score (nSPS) is 14.5. The van der Waals surface area contributed by atoms with Gasteiger partial charge in [-0.3, -0.25) is 4.90 Å². The van der Waals surface area contributed by atoms with Crippen LogP contribution in [0.1, 0.15) is 12.0 Å². The van der Waals surface area contributed by atoms with E-state index in [-0.39, 0.29) is 12.4 Å². The van der Waals surface area contributed by atoms with E-state index in [0.717, 1.165) is 51.4 Å². The summed E-state index contributed by atoms with van der Waals surface area (Å²) in [5, 5.41) is 15.4. The maximum atomic E-state index is 12.8. The molecule has 1 N–H and O–H groups in total. The number of nitrogens with one attached hydrogen (secondary N) is 1. The van der Waals surface area contributed by atoms with Crippen molar-refractivity contribution in [2.75, 3.05) is 51.9 Å². The van der Waals surface area contributed by atoms with E-state index >= 15 is 0 Å². The molecule has 0 spiro atoms. The molecular weight excluding hydrogens is 475 g/mol. The molecule has 2 heterocycles. The zero-order valence-corrected chi connectivity index (χ0v) is 19.3. The summed E-state index contributed by atoms with van der Waals surface area (Å²) in [7, 11) is 1.53. The molecule has 0 aliphatic carbocycles. The zero-order valence-electron chi connectivity index (χ0n) is 18.5. The fraction of sp³-hybridized carbons (Fsp3) is 0.409. The third-order valence-electron chi connectivity index (χ3n) is 5.29. The Morgan fingerprint density at radius 3 is 2.47 bits per heavy atom. The molecule has 3 aromatic rings. The third-order valence-corrected chi connectivity index (χ3v) is 5.29. The Balaban J connectivity index is 0.00000324. The van der Waals surface area contributed by atoms with Gasteiger partial charge in [0, 0.05) is 31.4 Å². The highest BCUT2D eigenvalue weighted by atomic mass is 35.5. The molecular formula is C22H25ClF3N5O3. The van der Waals surface area contributed by atoms with Gasteiger partial charge in [-0.05, 0) is 42.0 Å². The molecule has 1 aromatic heterocycles. The zero-order chi connectivity index (χ0) is 23.3.